The fraction of sp³-hybridized carbons (Fsp3) is 0.353. The quantitative estimate of drug-likeness (QED) is 0.597. The zero-order valence-electron chi connectivity index (χ0n) is 13.3. The molecule has 0 radical (unpaired) electrons. The largest absolute Gasteiger partial charge is 0.495 e. The lowest BCUT2D eigenvalue weighted by atomic mass is 10.0. The van der Waals surface area contributed by atoms with Crippen molar-refractivity contribution in [1.29, 1.82) is 0 Å². The van der Waals surface area contributed by atoms with Gasteiger partial charge in [-0.15, -0.1) is 5.11 Å². The molecule has 1 aromatic carbocycles. The first kappa shape index (κ1) is 16.7. The van der Waals surface area contributed by atoms with Crippen molar-refractivity contribution < 1.29 is 9.53 Å². The van der Waals surface area contributed by atoms with Gasteiger partial charge in [0.15, 0.2) is 0 Å². The molecule has 0 fully saturated rings. The van der Waals surface area contributed by atoms with Crippen LogP contribution in [0.5, 0.6) is 0 Å². The molecule has 2 rings (SSSR count). The van der Waals surface area contributed by atoms with Crippen molar-refractivity contribution in [1.82, 2.24) is 10.7 Å². The maximum atomic E-state index is 11.3. The number of amides is 2. The van der Waals surface area contributed by atoms with Crippen LogP contribution in [0, 0.1) is 0 Å². The van der Waals surface area contributed by atoms with Gasteiger partial charge in [-0.3, -0.25) is 0 Å². The molecule has 0 atom stereocenters. The van der Waals surface area contributed by atoms with E-state index in [0.29, 0.717) is 18.8 Å². The van der Waals surface area contributed by atoms with Gasteiger partial charge in [0.1, 0.15) is 18.6 Å². The average molecular weight is 314 g/mol. The van der Waals surface area contributed by atoms with E-state index in [1.807, 2.05) is 31.2 Å². The van der Waals surface area contributed by atoms with Crippen molar-refractivity contribution in [2.45, 2.75) is 26.2 Å². The number of ether oxygens (including phenoxy) is 1. The minimum Gasteiger partial charge on any atom is -0.495 e. The second-order valence-corrected chi connectivity index (χ2v) is 5.21. The molecule has 0 saturated heterocycles. The van der Waals surface area contributed by atoms with E-state index >= 15 is 0 Å². The van der Waals surface area contributed by atoms with Crippen LogP contribution in [0.4, 0.5) is 4.79 Å². The number of rotatable bonds is 7. The van der Waals surface area contributed by atoms with Gasteiger partial charge in [-0.1, -0.05) is 42.5 Å². The summed E-state index contributed by atoms with van der Waals surface area (Å²) < 4.78 is 5.39. The predicted octanol–water partition coefficient (Wildman–Crippen LogP) is 3.49. The summed E-state index contributed by atoms with van der Waals surface area (Å²) in [5.74, 6) is 0. The molecule has 0 aromatic heterocycles. The van der Waals surface area contributed by atoms with E-state index in [4.69, 9.17) is 4.74 Å². The van der Waals surface area contributed by atoms with Crippen LogP contribution in [0.2, 0.25) is 0 Å². The highest BCUT2D eigenvalue weighted by Crippen LogP contribution is 2.17. The van der Waals surface area contributed by atoms with Crippen LogP contribution in [-0.4, -0.2) is 19.2 Å². The summed E-state index contributed by atoms with van der Waals surface area (Å²) in [4.78, 5) is 11.3. The molecule has 6 heteroatoms. The first-order valence-electron chi connectivity index (χ1n) is 7.77. The van der Waals surface area contributed by atoms with Crippen LogP contribution in [0.25, 0.3) is 0 Å². The molecule has 23 heavy (non-hydrogen) atoms. The Morgan fingerprint density at radius 2 is 2.09 bits per heavy atom. The number of hydrogen-bond donors (Lipinski definition) is 2. The second kappa shape index (κ2) is 9.40. The second-order valence-electron chi connectivity index (χ2n) is 5.21. The number of carbonyl (C=O) groups excluding carboxylic acids is 1. The molecule has 0 aliphatic carbocycles. The van der Waals surface area contributed by atoms with Crippen LogP contribution in [0.15, 0.2) is 64.3 Å². The van der Waals surface area contributed by atoms with Crippen LogP contribution in [0.3, 0.4) is 0 Å². The molecule has 0 bridgehead atoms. The van der Waals surface area contributed by atoms with Crippen molar-refractivity contribution in [2.75, 3.05) is 13.2 Å². The number of allylic oxidation sites excluding steroid dienone is 1. The number of hydrogen-bond acceptors (Lipinski definition) is 4. The third-order valence-corrected chi connectivity index (χ3v) is 3.26. The Labute approximate surface area is 136 Å². The summed E-state index contributed by atoms with van der Waals surface area (Å²) in [6.45, 7) is 3.15. The van der Waals surface area contributed by atoms with Gasteiger partial charge >= 0.3 is 6.03 Å². The highest BCUT2D eigenvalue weighted by molar-refractivity contribution is 5.73. The number of benzene rings is 1. The first-order chi connectivity index (χ1) is 11.3. The van der Waals surface area contributed by atoms with Crippen LogP contribution < -0.4 is 10.7 Å². The Balaban J connectivity index is 1.80. The highest BCUT2D eigenvalue weighted by atomic mass is 16.5. The molecule has 0 unspecified atom stereocenters. The monoisotopic (exact) mass is 314 g/mol. The standard InChI is InChI=1S/C17H22N4O2/c1-2-10-18-17(22)20-21-19-16-11-15(12-23-13-16)9-8-14-6-4-3-5-7-14/h3-7,11,13H,2,8-10,12H2,1H3,(H2,18,19,20,22). The molecular weight excluding hydrogens is 292 g/mol. The fourth-order valence-electron chi connectivity index (χ4n) is 2.07. The molecule has 0 spiro atoms. The highest BCUT2D eigenvalue weighted by Gasteiger charge is 2.06. The third-order valence-electron chi connectivity index (χ3n) is 3.26. The zero-order chi connectivity index (χ0) is 16.3. The summed E-state index contributed by atoms with van der Waals surface area (Å²) in [5.41, 5.74) is 5.36. The normalized spacial score (nSPS) is 14.0. The fourth-order valence-corrected chi connectivity index (χ4v) is 2.07. The number of nitrogens with zero attached hydrogens (tertiary/aromatic N) is 2. The van der Waals surface area contributed by atoms with E-state index in [2.05, 4.69) is 33.2 Å². The van der Waals surface area contributed by atoms with Crippen LogP contribution in [-0.2, 0) is 11.2 Å². The van der Waals surface area contributed by atoms with E-state index < -0.39 is 0 Å². The number of carbonyl (C=O) groups is 1. The van der Waals surface area contributed by atoms with E-state index in [1.54, 1.807) is 6.26 Å². The van der Waals surface area contributed by atoms with Crippen molar-refractivity contribution >= 4 is 6.03 Å². The summed E-state index contributed by atoms with van der Waals surface area (Å²) in [6.07, 6.45) is 6.22. The van der Waals surface area contributed by atoms with Gasteiger partial charge in [0.2, 0.25) is 0 Å². The molecular formula is C17H22N4O2. The molecule has 1 aliphatic rings. The van der Waals surface area contributed by atoms with Crippen LogP contribution >= 0.6 is 0 Å². The molecule has 6 nitrogen and oxygen atoms in total. The molecule has 122 valence electrons. The average Bonchev–Trinajstić information content (AvgIpc) is 2.59. The number of nitrogens with one attached hydrogen (secondary N) is 2. The van der Waals surface area contributed by atoms with Crippen molar-refractivity contribution in [3.8, 4) is 0 Å². The third kappa shape index (κ3) is 6.34. The van der Waals surface area contributed by atoms with Crippen LogP contribution in [0.1, 0.15) is 25.3 Å². The Bertz CT molecular complexity index is 594. The van der Waals surface area contributed by atoms with Gasteiger partial charge in [0.05, 0.1) is 0 Å². The predicted molar refractivity (Wildman–Crippen MR) is 88.6 cm³/mol. The number of urea groups is 1. The molecule has 1 aliphatic heterocycles. The van der Waals surface area contributed by atoms with Gasteiger partial charge in [0, 0.05) is 6.54 Å². The molecule has 1 aromatic rings. The van der Waals surface area contributed by atoms with Gasteiger partial charge in [-0.05, 0) is 36.5 Å². The van der Waals surface area contributed by atoms with E-state index in [9.17, 15) is 4.79 Å². The van der Waals surface area contributed by atoms with Gasteiger partial charge in [0.25, 0.3) is 0 Å². The van der Waals surface area contributed by atoms with Gasteiger partial charge in [-0.2, -0.15) is 0 Å². The van der Waals surface area contributed by atoms with Crippen molar-refractivity contribution in [3.05, 3.63) is 59.5 Å². The lowest BCUT2D eigenvalue weighted by Gasteiger charge is -2.12. The summed E-state index contributed by atoms with van der Waals surface area (Å²) >= 11 is 0. The first-order valence-corrected chi connectivity index (χ1v) is 7.77. The lowest BCUT2D eigenvalue weighted by molar-refractivity contribution is 0.240. The molecule has 0 saturated carbocycles. The Morgan fingerprint density at radius 1 is 1.26 bits per heavy atom. The Hall–Kier alpha value is -2.63. The molecule has 1 heterocycles. The molecule has 2 N–H and O–H groups in total. The van der Waals surface area contributed by atoms with Crippen molar-refractivity contribution in [3.63, 3.8) is 0 Å². The zero-order valence-corrected chi connectivity index (χ0v) is 13.3. The van der Waals surface area contributed by atoms with E-state index in [1.165, 1.54) is 5.56 Å². The summed E-state index contributed by atoms with van der Waals surface area (Å²) in [6, 6.07) is 9.95. The minimum atomic E-state index is -0.360. The summed E-state index contributed by atoms with van der Waals surface area (Å²) in [5, 5.41) is 10.3. The minimum absolute atomic E-state index is 0.360. The smallest absolute Gasteiger partial charge is 0.336 e. The maximum absolute atomic E-state index is 11.3. The van der Waals surface area contributed by atoms with Crippen molar-refractivity contribution in [2.24, 2.45) is 10.3 Å². The van der Waals surface area contributed by atoms with E-state index in [0.717, 1.165) is 24.8 Å². The Kier molecular flexibility index (Phi) is 6.84. The Morgan fingerprint density at radius 3 is 2.87 bits per heavy atom. The van der Waals surface area contributed by atoms with E-state index in [-0.39, 0.29) is 6.03 Å². The topological polar surface area (TPSA) is 75.1 Å². The summed E-state index contributed by atoms with van der Waals surface area (Å²) in [7, 11) is 0. The van der Waals surface area contributed by atoms with Gasteiger partial charge in [-0.25, -0.2) is 10.2 Å². The van der Waals surface area contributed by atoms with Gasteiger partial charge < -0.3 is 10.1 Å². The molecule has 2 amide bonds. The maximum Gasteiger partial charge on any atom is 0.336 e. The number of aryl methyl sites for hydroxylation is 1. The lowest BCUT2D eigenvalue weighted by Crippen LogP contribution is -2.32. The SMILES string of the molecule is CCCNC(=O)NN=NC1=COCC(CCc2ccccc2)=C1.